The minimum Gasteiger partial charge on any atom is -0.286 e. The molecule has 0 spiro atoms. The SMILES string of the molecule is O=S(=O)(O)CCCS(=O)(=O)O.[Li].[Li]. The molecular weight excluding hydrogens is 210 g/mol. The fourth-order valence-corrected chi connectivity index (χ4v) is 1.62. The first-order valence-electron chi connectivity index (χ1n) is 2.61. The van der Waals surface area contributed by atoms with Crippen LogP contribution in [-0.2, 0) is 20.2 Å². The monoisotopic (exact) mass is 218 g/mol. The standard InChI is InChI=1S/C3H8O6S2.2Li/c4-10(5,6)2-1-3-11(7,8)9;;/h1-3H2,(H,4,5,6)(H,7,8,9);;. The molecule has 2 radical (unpaired) electrons. The fraction of sp³-hybridized carbons (Fsp3) is 1.00. The third-order valence-corrected chi connectivity index (χ3v) is 2.41. The average Bonchev–Trinajstić information content (AvgIpc) is 1.55. The predicted molar refractivity (Wildman–Crippen MR) is 49.0 cm³/mol. The summed E-state index contributed by atoms with van der Waals surface area (Å²) < 4.78 is 56.2. The van der Waals surface area contributed by atoms with E-state index in [0.717, 1.165) is 0 Å². The number of hydrogen-bond donors (Lipinski definition) is 2. The van der Waals surface area contributed by atoms with Gasteiger partial charge in [0.1, 0.15) is 0 Å². The zero-order chi connectivity index (χ0) is 9.12. The van der Waals surface area contributed by atoms with Gasteiger partial charge in [-0.05, 0) is 6.42 Å². The van der Waals surface area contributed by atoms with Crippen molar-refractivity contribution >= 4 is 58.0 Å². The minimum atomic E-state index is -4.12. The van der Waals surface area contributed by atoms with Gasteiger partial charge in [0, 0.05) is 37.7 Å². The molecule has 0 aliphatic heterocycles. The quantitative estimate of drug-likeness (QED) is 0.434. The summed E-state index contributed by atoms with van der Waals surface area (Å²) in [4.78, 5) is 0. The molecule has 0 aromatic heterocycles. The molecule has 0 fully saturated rings. The molecule has 0 aliphatic carbocycles. The topological polar surface area (TPSA) is 109 Å². The average molecular weight is 218 g/mol. The summed E-state index contributed by atoms with van der Waals surface area (Å²) in [7, 11) is -8.24. The molecule has 0 aromatic rings. The van der Waals surface area contributed by atoms with Crippen molar-refractivity contribution in [3.05, 3.63) is 0 Å². The van der Waals surface area contributed by atoms with Crippen LogP contribution in [0.1, 0.15) is 6.42 Å². The second kappa shape index (κ2) is 7.33. The molecule has 0 unspecified atom stereocenters. The molecule has 2 N–H and O–H groups in total. The molecule has 0 atom stereocenters. The van der Waals surface area contributed by atoms with Gasteiger partial charge in [-0.15, -0.1) is 0 Å². The van der Waals surface area contributed by atoms with E-state index in [1.807, 2.05) is 0 Å². The van der Waals surface area contributed by atoms with E-state index in [1.165, 1.54) is 0 Å². The minimum absolute atomic E-state index is 0. The summed E-state index contributed by atoms with van der Waals surface area (Å²) in [5.74, 6) is -1.32. The number of hydrogen-bond acceptors (Lipinski definition) is 4. The van der Waals surface area contributed by atoms with Gasteiger partial charge < -0.3 is 0 Å². The van der Waals surface area contributed by atoms with E-state index in [1.54, 1.807) is 0 Å². The Morgan fingerprint density at radius 2 is 1.00 bits per heavy atom. The van der Waals surface area contributed by atoms with E-state index in [0.29, 0.717) is 0 Å². The molecular formula is C3H8Li2O6S2. The molecule has 0 aliphatic rings. The van der Waals surface area contributed by atoms with Gasteiger partial charge in [-0.1, -0.05) is 0 Å². The first-order chi connectivity index (χ1) is 4.71. The first kappa shape index (κ1) is 19.6. The summed E-state index contributed by atoms with van der Waals surface area (Å²) in [6.07, 6.45) is -0.308. The van der Waals surface area contributed by atoms with Crippen LogP contribution in [0, 0.1) is 0 Å². The first-order valence-corrected chi connectivity index (χ1v) is 5.83. The second-order valence-corrected chi connectivity index (χ2v) is 5.07. The van der Waals surface area contributed by atoms with Gasteiger partial charge in [0.2, 0.25) is 0 Å². The van der Waals surface area contributed by atoms with Gasteiger partial charge in [-0.2, -0.15) is 16.8 Å². The van der Waals surface area contributed by atoms with Crippen molar-refractivity contribution in [1.82, 2.24) is 0 Å². The Labute approximate surface area is 101 Å². The van der Waals surface area contributed by atoms with Crippen LogP contribution in [0.2, 0.25) is 0 Å². The van der Waals surface area contributed by atoms with Crippen LogP contribution in [0.15, 0.2) is 0 Å². The summed E-state index contributed by atoms with van der Waals surface area (Å²) in [5.41, 5.74) is 0. The van der Waals surface area contributed by atoms with Crippen LogP contribution in [-0.4, -0.2) is 75.2 Å². The molecule has 0 aromatic carbocycles. The van der Waals surface area contributed by atoms with Crippen LogP contribution < -0.4 is 0 Å². The van der Waals surface area contributed by atoms with Crippen molar-refractivity contribution in [1.29, 1.82) is 0 Å². The second-order valence-electron chi connectivity index (χ2n) is 1.93. The Kier molecular flexibility index (Phi) is 11.0. The van der Waals surface area contributed by atoms with E-state index in [-0.39, 0.29) is 44.1 Å². The van der Waals surface area contributed by atoms with Crippen LogP contribution >= 0.6 is 0 Å². The van der Waals surface area contributed by atoms with Gasteiger partial charge >= 0.3 is 0 Å². The van der Waals surface area contributed by atoms with Gasteiger partial charge in [0.15, 0.2) is 0 Å². The van der Waals surface area contributed by atoms with Crippen LogP contribution in [0.25, 0.3) is 0 Å². The molecule has 10 heteroatoms. The van der Waals surface area contributed by atoms with Gasteiger partial charge in [0.25, 0.3) is 20.2 Å². The Bertz CT molecular complexity index is 273. The summed E-state index contributed by atoms with van der Waals surface area (Å²) >= 11 is 0. The smallest absolute Gasteiger partial charge is 0.264 e. The molecule has 0 amide bonds. The van der Waals surface area contributed by atoms with Crippen LogP contribution in [0.5, 0.6) is 0 Å². The Hall–Kier alpha value is 1.01. The summed E-state index contributed by atoms with van der Waals surface area (Å²) in [6.45, 7) is 0. The third-order valence-electron chi connectivity index (χ3n) is 0.805. The largest absolute Gasteiger partial charge is 0.286 e. The maximum absolute atomic E-state index is 10.00. The maximum atomic E-state index is 10.00. The van der Waals surface area contributed by atoms with Crippen molar-refractivity contribution in [3.63, 3.8) is 0 Å². The van der Waals surface area contributed by atoms with E-state index in [2.05, 4.69) is 0 Å². The summed E-state index contributed by atoms with van der Waals surface area (Å²) in [6, 6.07) is 0. The van der Waals surface area contributed by atoms with Crippen molar-refractivity contribution in [3.8, 4) is 0 Å². The molecule has 6 nitrogen and oxygen atoms in total. The van der Waals surface area contributed by atoms with E-state index in [9.17, 15) is 16.8 Å². The zero-order valence-electron chi connectivity index (χ0n) is 7.47. The van der Waals surface area contributed by atoms with Gasteiger partial charge in [-0.25, -0.2) is 0 Å². The normalized spacial score (nSPS) is 11.2. The maximum Gasteiger partial charge on any atom is 0.264 e. The molecule has 0 heterocycles. The van der Waals surface area contributed by atoms with Crippen LogP contribution in [0.4, 0.5) is 0 Å². The number of rotatable bonds is 4. The van der Waals surface area contributed by atoms with E-state index in [4.69, 9.17) is 9.11 Å². The van der Waals surface area contributed by atoms with E-state index >= 15 is 0 Å². The Balaban J connectivity index is -0.000000500. The van der Waals surface area contributed by atoms with Crippen molar-refractivity contribution < 1.29 is 25.9 Å². The summed E-state index contributed by atoms with van der Waals surface area (Å²) in [5, 5.41) is 0. The third kappa shape index (κ3) is 19.4. The zero-order valence-corrected chi connectivity index (χ0v) is 9.10. The molecule has 0 saturated heterocycles. The molecule has 70 valence electrons. The van der Waals surface area contributed by atoms with Crippen molar-refractivity contribution in [2.45, 2.75) is 6.42 Å². The fourth-order valence-electron chi connectivity index (χ4n) is 0.424. The van der Waals surface area contributed by atoms with Crippen molar-refractivity contribution in [2.24, 2.45) is 0 Å². The Morgan fingerprint density at radius 1 is 0.769 bits per heavy atom. The van der Waals surface area contributed by atoms with Gasteiger partial charge in [0.05, 0.1) is 11.5 Å². The molecule has 0 rings (SSSR count). The molecule has 0 bridgehead atoms. The van der Waals surface area contributed by atoms with Crippen molar-refractivity contribution in [2.75, 3.05) is 11.5 Å². The van der Waals surface area contributed by atoms with Gasteiger partial charge in [-0.3, -0.25) is 9.11 Å². The van der Waals surface area contributed by atoms with Crippen LogP contribution in [0.3, 0.4) is 0 Å². The molecule has 0 saturated carbocycles. The van der Waals surface area contributed by atoms with E-state index < -0.39 is 31.7 Å². The predicted octanol–water partition coefficient (Wildman–Crippen LogP) is -1.61. The Morgan fingerprint density at radius 3 is 1.15 bits per heavy atom. The molecule has 13 heavy (non-hydrogen) atoms.